The third kappa shape index (κ3) is 4.62. The maximum Gasteiger partial charge on any atom is 0.265 e. The van der Waals surface area contributed by atoms with Gasteiger partial charge in [-0.05, 0) is 42.5 Å². The van der Waals surface area contributed by atoms with E-state index >= 15 is 0 Å². The van der Waals surface area contributed by atoms with Gasteiger partial charge in [0.15, 0.2) is 0 Å². The van der Waals surface area contributed by atoms with Crippen LogP contribution < -0.4 is 14.2 Å². The molecule has 2 N–H and O–H groups in total. The summed E-state index contributed by atoms with van der Waals surface area (Å²) in [7, 11) is -8.37. The molecule has 7 nitrogen and oxygen atoms in total. The minimum atomic E-state index is -4.77. The van der Waals surface area contributed by atoms with E-state index < -0.39 is 64.5 Å². The molecular weight excluding hydrogens is 476 g/mol. The molecule has 32 heavy (non-hydrogen) atoms. The van der Waals surface area contributed by atoms with E-state index in [0.717, 1.165) is 55.6 Å². The third-order valence-electron chi connectivity index (χ3n) is 4.13. The second-order valence-corrected chi connectivity index (χ2v) is 9.55. The summed E-state index contributed by atoms with van der Waals surface area (Å²) in [5.41, 5.74) is -1.96. The molecule has 0 radical (unpaired) electrons. The number of rotatable bonds is 7. The number of methoxy groups -OCH3 is 1. The summed E-state index contributed by atoms with van der Waals surface area (Å²) in [6, 6.07) is 7.78. The Morgan fingerprint density at radius 3 is 1.56 bits per heavy atom. The fourth-order valence-corrected chi connectivity index (χ4v) is 5.06. The first kappa shape index (κ1) is 23.3. The lowest BCUT2D eigenvalue weighted by Crippen LogP contribution is -2.19. The number of hydrogen-bond acceptors (Lipinski definition) is 5. The van der Waals surface area contributed by atoms with Crippen LogP contribution in [0, 0.1) is 23.3 Å². The van der Waals surface area contributed by atoms with Crippen molar-refractivity contribution >= 4 is 31.4 Å². The normalized spacial score (nSPS) is 11.8. The number of para-hydroxylation sites is 2. The van der Waals surface area contributed by atoms with Crippen molar-refractivity contribution in [1.29, 1.82) is 0 Å². The Morgan fingerprint density at radius 2 is 1.12 bits per heavy atom. The molecule has 0 saturated heterocycles. The molecular formula is C19H14F4N2O5S2. The summed E-state index contributed by atoms with van der Waals surface area (Å²) in [5.74, 6) is -5.19. The Morgan fingerprint density at radius 1 is 0.688 bits per heavy atom. The maximum absolute atomic E-state index is 13.9. The summed E-state index contributed by atoms with van der Waals surface area (Å²) >= 11 is 0. The monoisotopic (exact) mass is 490 g/mol. The van der Waals surface area contributed by atoms with Gasteiger partial charge in [0.25, 0.3) is 20.0 Å². The predicted molar refractivity (Wildman–Crippen MR) is 107 cm³/mol. The van der Waals surface area contributed by atoms with Crippen LogP contribution in [-0.4, -0.2) is 23.9 Å². The number of benzene rings is 3. The Balaban J connectivity index is 2.07. The SMILES string of the molecule is COc1ccc(S(=O)(=O)Nc2c(F)cccc2F)cc1S(=O)(=O)Nc1c(F)cccc1F. The van der Waals surface area contributed by atoms with Crippen LogP contribution in [0.15, 0.2) is 64.4 Å². The van der Waals surface area contributed by atoms with E-state index in [9.17, 15) is 34.4 Å². The van der Waals surface area contributed by atoms with Crippen LogP contribution in [0.25, 0.3) is 0 Å². The summed E-state index contributed by atoms with van der Waals surface area (Å²) in [4.78, 5) is -1.50. The van der Waals surface area contributed by atoms with Crippen molar-refractivity contribution in [3.05, 3.63) is 77.9 Å². The number of nitrogens with one attached hydrogen (secondary N) is 2. The molecule has 3 rings (SSSR count). The number of halogens is 4. The molecule has 0 aliphatic carbocycles. The molecule has 0 aliphatic heterocycles. The zero-order valence-corrected chi connectivity index (χ0v) is 17.7. The van der Waals surface area contributed by atoms with Gasteiger partial charge in [-0.1, -0.05) is 12.1 Å². The molecule has 0 saturated carbocycles. The number of anilines is 2. The molecule has 3 aromatic carbocycles. The van der Waals surface area contributed by atoms with E-state index in [1.165, 1.54) is 0 Å². The van der Waals surface area contributed by atoms with Crippen LogP contribution in [0.2, 0.25) is 0 Å². The van der Waals surface area contributed by atoms with Crippen LogP contribution >= 0.6 is 0 Å². The van der Waals surface area contributed by atoms with Crippen molar-refractivity contribution in [1.82, 2.24) is 0 Å². The lowest BCUT2D eigenvalue weighted by atomic mass is 10.3. The van der Waals surface area contributed by atoms with Gasteiger partial charge in [-0.25, -0.2) is 34.4 Å². The number of ether oxygens (including phenoxy) is 1. The van der Waals surface area contributed by atoms with Crippen molar-refractivity contribution in [3.63, 3.8) is 0 Å². The van der Waals surface area contributed by atoms with Gasteiger partial charge in [0, 0.05) is 0 Å². The van der Waals surface area contributed by atoms with Gasteiger partial charge in [-0.3, -0.25) is 9.44 Å². The van der Waals surface area contributed by atoms with Crippen molar-refractivity contribution in [2.24, 2.45) is 0 Å². The molecule has 0 fully saturated rings. The minimum Gasteiger partial charge on any atom is -0.495 e. The fourth-order valence-electron chi connectivity index (χ4n) is 2.61. The highest BCUT2D eigenvalue weighted by Gasteiger charge is 2.27. The van der Waals surface area contributed by atoms with Gasteiger partial charge >= 0.3 is 0 Å². The van der Waals surface area contributed by atoms with Gasteiger partial charge in [-0.15, -0.1) is 0 Å². The summed E-state index contributed by atoms with van der Waals surface area (Å²) < 4.78 is 115. The average Bonchev–Trinajstić information content (AvgIpc) is 2.73. The molecule has 0 unspecified atom stereocenters. The minimum absolute atomic E-state index is 0.356. The van der Waals surface area contributed by atoms with E-state index in [0.29, 0.717) is 6.07 Å². The van der Waals surface area contributed by atoms with Crippen molar-refractivity contribution < 1.29 is 39.1 Å². The van der Waals surface area contributed by atoms with Gasteiger partial charge < -0.3 is 4.74 Å². The Labute approximate surface area is 180 Å². The Kier molecular flexibility index (Phi) is 6.32. The average molecular weight is 490 g/mol. The quantitative estimate of drug-likeness (QED) is 0.490. The largest absolute Gasteiger partial charge is 0.495 e. The third-order valence-corrected chi connectivity index (χ3v) is 6.85. The molecule has 0 atom stereocenters. The first-order chi connectivity index (χ1) is 15.0. The predicted octanol–water partition coefficient (Wildman–Crippen LogP) is 3.85. The first-order valence-corrected chi connectivity index (χ1v) is 11.5. The number of sulfonamides is 2. The molecule has 0 amide bonds. The highest BCUT2D eigenvalue weighted by atomic mass is 32.2. The van der Waals surface area contributed by atoms with E-state index in [1.807, 2.05) is 0 Å². The molecule has 0 spiro atoms. The highest BCUT2D eigenvalue weighted by Crippen LogP contribution is 2.31. The topological polar surface area (TPSA) is 102 Å². The van der Waals surface area contributed by atoms with Gasteiger partial charge in [0.05, 0.1) is 12.0 Å². The Hall–Kier alpha value is -3.32. The standard InChI is InChI=1S/C19H14F4N2O5S2/c1-30-16-9-8-11(31(26,27)24-18-12(20)4-2-5-13(18)21)10-17(16)32(28,29)25-19-14(22)6-3-7-15(19)23/h2-10,24-25H,1H3. The van der Waals surface area contributed by atoms with Crippen molar-refractivity contribution in [2.45, 2.75) is 9.79 Å². The van der Waals surface area contributed by atoms with E-state index in [4.69, 9.17) is 4.74 Å². The smallest absolute Gasteiger partial charge is 0.265 e. The van der Waals surface area contributed by atoms with Crippen LogP contribution in [-0.2, 0) is 20.0 Å². The van der Waals surface area contributed by atoms with Gasteiger partial charge in [0.2, 0.25) is 0 Å². The van der Waals surface area contributed by atoms with E-state index in [-0.39, 0.29) is 5.75 Å². The molecule has 0 heterocycles. The molecule has 3 aromatic rings. The molecule has 13 heteroatoms. The zero-order chi connectivity index (χ0) is 23.7. The lowest BCUT2D eigenvalue weighted by Gasteiger charge is -2.15. The first-order valence-electron chi connectivity index (χ1n) is 8.58. The summed E-state index contributed by atoms with van der Waals surface area (Å²) in [6.45, 7) is 0. The van der Waals surface area contributed by atoms with Crippen LogP contribution in [0.3, 0.4) is 0 Å². The second-order valence-electron chi connectivity index (χ2n) is 6.22. The molecule has 0 aromatic heterocycles. The van der Waals surface area contributed by atoms with Crippen molar-refractivity contribution in [2.75, 3.05) is 16.6 Å². The van der Waals surface area contributed by atoms with Crippen LogP contribution in [0.5, 0.6) is 5.75 Å². The lowest BCUT2D eigenvalue weighted by molar-refractivity contribution is 0.402. The summed E-state index contributed by atoms with van der Waals surface area (Å²) in [6.07, 6.45) is 0. The van der Waals surface area contributed by atoms with E-state index in [2.05, 4.69) is 0 Å². The van der Waals surface area contributed by atoms with Crippen LogP contribution in [0.4, 0.5) is 28.9 Å². The maximum atomic E-state index is 13.9. The molecule has 0 bridgehead atoms. The zero-order valence-electron chi connectivity index (χ0n) is 16.1. The highest BCUT2D eigenvalue weighted by molar-refractivity contribution is 7.93. The molecule has 0 aliphatic rings. The van der Waals surface area contributed by atoms with Gasteiger partial charge in [0.1, 0.15) is 45.3 Å². The second kappa shape index (κ2) is 8.67. The Bertz CT molecular complexity index is 1360. The fraction of sp³-hybridized carbons (Fsp3) is 0.0526. The van der Waals surface area contributed by atoms with Crippen molar-refractivity contribution in [3.8, 4) is 5.75 Å². The van der Waals surface area contributed by atoms with Crippen LogP contribution in [0.1, 0.15) is 0 Å². The summed E-state index contributed by atoms with van der Waals surface area (Å²) in [5, 5.41) is 0. The van der Waals surface area contributed by atoms with Gasteiger partial charge in [-0.2, -0.15) is 0 Å². The number of hydrogen-bond donors (Lipinski definition) is 2. The van der Waals surface area contributed by atoms with E-state index in [1.54, 1.807) is 9.44 Å². The molecule has 170 valence electrons.